The molecule has 1 aromatic carbocycles. The zero-order chi connectivity index (χ0) is 22.1. The Morgan fingerprint density at radius 2 is 1.87 bits per heavy atom. The predicted octanol–water partition coefficient (Wildman–Crippen LogP) is 0.261. The van der Waals surface area contributed by atoms with Crippen LogP contribution in [0.1, 0.15) is 43.0 Å². The highest BCUT2D eigenvalue weighted by Gasteiger charge is 2.23. The fourth-order valence-electron chi connectivity index (χ4n) is 3.36. The summed E-state index contributed by atoms with van der Waals surface area (Å²) in [5.74, 6) is -0.736. The van der Waals surface area contributed by atoms with Crippen molar-refractivity contribution < 1.29 is 22.8 Å². The van der Waals surface area contributed by atoms with E-state index in [1.165, 1.54) is 31.2 Å². The third-order valence-electron chi connectivity index (χ3n) is 5.10. The van der Waals surface area contributed by atoms with E-state index in [-0.39, 0.29) is 41.4 Å². The van der Waals surface area contributed by atoms with Gasteiger partial charge in [-0.2, -0.15) is 0 Å². The zero-order valence-electron chi connectivity index (χ0n) is 17.2. The molecule has 0 aliphatic carbocycles. The number of rotatable bonds is 11. The van der Waals surface area contributed by atoms with Crippen LogP contribution in [0.4, 0.5) is 0 Å². The average molecular weight is 439 g/mol. The summed E-state index contributed by atoms with van der Waals surface area (Å²) >= 11 is 0. The second-order valence-corrected chi connectivity index (χ2v) is 9.24. The number of piperidine rings is 1. The van der Waals surface area contributed by atoms with Crippen LogP contribution in [0, 0.1) is 5.92 Å². The van der Waals surface area contributed by atoms with Crippen molar-refractivity contribution in [2.45, 2.75) is 37.5 Å². The molecular weight excluding hydrogens is 408 g/mol. The third-order valence-corrected chi connectivity index (χ3v) is 6.57. The van der Waals surface area contributed by atoms with Crippen LogP contribution in [0.15, 0.2) is 29.2 Å². The molecule has 0 bridgehead atoms. The van der Waals surface area contributed by atoms with E-state index in [0.29, 0.717) is 18.7 Å². The first-order chi connectivity index (χ1) is 14.2. The van der Waals surface area contributed by atoms with E-state index >= 15 is 0 Å². The Balaban J connectivity index is 1.64. The van der Waals surface area contributed by atoms with Crippen molar-refractivity contribution in [2.24, 2.45) is 11.7 Å². The lowest BCUT2D eigenvalue weighted by atomic mass is 9.97. The molecule has 0 aromatic heterocycles. The number of nitrogens with one attached hydrogen (secondary N) is 2. The van der Waals surface area contributed by atoms with Gasteiger partial charge in [-0.1, -0.05) is 12.1 Å². The number of carbonyl (C=O) groups excluding carboxylic acids is 3. The normalized spacial score (nSPS) is 17.4. The number of nitrogens with zero attached hydrogens (tertiary/aromatic N) is 1. The maximum Gasteiger partial charge on any atom is 0.240 e. The largest absolute Gasteiger partial charge is 0.369 e. The molecule has 1 fully saturated rings. The maximum absolute atomic E-state index is 12.2. The number of Topliss-reactive ketones (excluding diaryl/α,β-unsaturated/α-hetero) is 1. The van der Waals surface area contributed by atoms with Crippen molar-refractivity contribution in [2.75, 3.05) is 32.7 Å². The molecule has 1 aromatic rings. The van der Waals surface area contributed by atoms with Gasteiger partial charge >= 0.3 is 0 Å². The summed E-state index contributed by atoms with van der Waals surface area (Å²) in [7, 11) is -3.74. The summed E-state index contributed by atoms with van der Waals surface area (Å²) in [4.78, 5) is 36.7. The number of sulfonamides is 1. The summed E-state index contributed by atoms with van der Waals surface area (Å²) < 4.78 is 26.9. The number of likely N-dealkylation sites (tertiary alicyclic amines) is 1. The van der Waals surface area contributed by atoms with Crippen LogP contribution in [0.3, 0.4) is 0 Å². The molecule has 0 radical (unpaired) electrons. The van der Waals surface area contributed by atoms with Gasteiger partial charge in [0.05, 0.1) is 10.8 Å². The molecule has 1 aliphatic heterocycles. The van der Waals surface area contributed by atoms with Crippen molar-refractivity contribution in [3.05, 3.63) is 29.8 Å². The van der Waals surface area contributed by atoms with Gasteiger partial charge in [-0.25, -0.2) is 13.1 Å². The molecule has 2 amide bonds. The Labute approximate surface area is 177 Å². The Morgan fingerprint density at radius 3 is 2.50 bits per heavy atom. The monoisotopic (exact) mass is 438 g/mol. The van der Waals surface area contributed by atoms with Crippen molar-refractivity contribution >= 4 is 27.6 Å². The van der Waals surface area contributed by atoms with Crippen LogP contribution < -0.4 is 15.8 Å². The topological polar surface area (TPSA) is 139 Å². The SMILES string of the molecule is CC(=O)c1ccc(S(=O)(=O)NCCC(=O)NCCCN2CCCC(C(N)=O)C2)cc1. The molecule has 0 saturated carbocycles. The number of amides is 2. The molecular formula is C20H30N4O5S. The van der Waals surface area contributed by atoms with E-state index in [2.05, 4.69) is 14.9 Å². The minimum atomic E-state index is -3.74. The molecule has 4 N–H and O–H groups in total. The summed E-state index contributed by atoms with van der Waals surface area (Å²) in [6.07, 6.45) is 2.54. The van der Waals surface area contributed by atoms with Crippen molar-refractivity contribution in [3.8, 4) is 0 Å². The molecule has 1 aliphatic rings. The first-order valence-corrected chi connectivity index (χ1v) is 11.6. The van der Waals surface area contributed by atoms with E-state index in [1.807, 2.05) is 0 Å². The molecule has 2 rings (SSSR count). The van der Waals surface area contributed by atoms with Crippen LogP contribution in [0.5, 0.6) is 0 Å². The Bertz CT molecular complexity index is 854. The van der Waals surface area contributed by atoms with Gasteiger partial charge in [0.1, 0.15) is 0 Å². The van der Waals surface area contributed by atoms with Gasteiger partial charge in [0.25, 0.3) is 0 Å². The molecule has 166 valence electrons. The minimum Gasteiger partial charge on any atom is -0.369 e. The first kappa shape index (κ1) is 24.0. The molecule has 30 heavy (non-hydrogen) atoms. The van der Waals surface area contributed by atoms with Crippen LogP contribution in [-0.2, 0) is 19.6 Å². The fraction of sp³-hybridized carbons (Fsp3) is 0.550. The van der Waals surface area contributed by atoms with Crippen molar-refractivity contribution in [3.63, 3.8) is 0 Å². The molecule has 0 spiro atoms. The van der Waals surface area contributed by atoms with Gasteiger partial charge in [-0.3, -0.25) is 14.4 Å². The van der Waals surface area contributed by atoms with E-state index in [4.69, 9.17) is 5.73 Å². The van der Waals surface area contributed by atoms with E-state index < -0.39 is 10.0 Å². The van der Waals surface area contributed by atoms with Gasteiger partial charge in [0.15, 0.2) is 5.78 Å². The summed E-state index contributed by atoms with van der Waals surface area (Å²) in [5.41, 5.74) is 5.81. The molecule has 1 heterocycles. The number of nitrogens with two attached hydrogens (primary N) is 1. The second-order valence-electron chi connectivity index (χ2n) is 7.47. The highest BCUT2D eigenvalue weighted by molar-refractivity contribution is 7.89. The van der Waals surface area contributed by atoms with Gasteiger partial charge in [-0.05, 0) is 51.4 Å². The summed E-state index contributed by atoms with van der Waals surface area (Å²) in [6, 6.07) is 5.64. The Hall–Kier alpha value is -2.30. The van der Waals surface area contributed by atoms with Crippen molar-refractivity contribution in [1.29, 1.82) is 0 Å². The second kappa shape index (κ2) is 11.2. The lowest BCUT2D eigenvalue weighted by Gasteiger charge is -2.31. The first-order valence-electron chi connectivity index (χ1n) is 10.1. The minimum absolute atomic E-state index is 0.0188. The third kappa shape index (κ3) is 7.51. The quantitative estimate of drug-likeness (QED) is 0.335. The fourth-order valence-corrected chi connectivity index (χ4v) is 4.39. The zero-order valence-corrected chi connectivity index (χ0v) is 18.0. The van der Waals surface area contributed by atoms with Gasteiger partial charge in [0.2, 0.25) is 21.8 Å². The number of hydrogen-bond donors (Lipinski definition) is 3. The van der Waals surface area contributed by atoms with E-state index in [0.717, 1.165) is 32.4 Å². The van der Waals surface area contributed by atoms with Gasteiger partial charge in [-0.15, -0.1) is 0 Å². The van der Waals surface area contributed by atoms with Crippen LogP contribution >= 0.6 is 0 Å². The summed E-state index contributed by atoms with van der Waals surface area (Å²) in [6.45, 7) is 4.23. The lowest BCUT2D eigenvalue weighted by Crippen LogP contribution is -2.42. The lowest BCUT2D eigenvalue weighted by molar-refractivity contribution is -0.123. The van der Waals surface area contributed by atoms with Crippen molar-refractivity contribution in [1.82, 2.24) is 14.9 Å². The molecule has 1 atom stereocenters. The highest BCUT2D eigenvalue weighted by atomic mass is 32.2. The molecule has 10 heteroatoms. The van der Waals surface area contributed by atoms with Gasteiger partial charge in [0, 0.05) is 31.6 Å². The smallest absolute Gasteiger partial charge is 0.240 e. The standard InChI is InChI=1S/C20H30N4O5S/c1-15(25)16-5-7-18(8-6-16)30(28,29)23-11-9-19(26)22-10-3-13-24-12-2-4-17(14-24)20(21)27/h5-8,17,23H,2-4,9-14H2,1H3,(H2,21,27)(H,22,26). The molecule has 9 nitrogen and oxygen atoms in total. The van der Waals surface area contributed by atoms with Crippen LogP contribution in [0.25, 0.3) is 0 Å². The number of benzene rings is 1. The van der Waals surface area contributed by atoms with Crippen LogP contribution in [-0.4, -0.2) is 63.6 Å². The van der Waals surface area contributed by atoms with E-state index in [9.17, 15) is 22.8 Å². The van der Waals surface area contributed by atoms with Gasteiger partial charge < -0.3 is 16.0 Å². The molecule has 1 saturated heterocycles. The Kier molecular flexibility index (Phi) is 8.94. The average Bonchev–Trinajstić information content (AvgIpc) is 2.71. The number of carbonyl (C=O) groups is 3. The highest BCUT2D eigenvalue weighted by Crippen LogP contribution is 2.16. The predicted molar refractivity (Wildman–Crippen MR) is 112 cm³/mol. The summed E-state index contributed by atoms with van der Waals surface area (Å²) in [5, 5.41) is 2.77. The molecule has 1 unspecified atom stereocenters. The Morgan fingerprint density at radius 1 is 1.17 bits per heavy atom. The number of ketones is 1. The van der Waals surface area contributed by atoms with E-state index in [1.54, 1.807) is 0 Å². The maximum atomic E-state index is 12.2. The number of hydrogen-bond acceptors (Lipinski definition) is 6. The number of primary amides is 1. The van der Waals surface area contributed by atoms with Crippen LogP contribution in [0.2, 0.25) is 0 Å².